The zero-order chi connectivity index (χ0) is 23.8. The van der Waals surface area contributed by atoms with E-state index in [4.69, 9.17) is 14.0 Å². The van der Waals surface area contributed by atoms with E-state index in [1.165, 1.54) is 28.2 Å². The van der Waals surface area contributed by atoms with E-state index in [2.05, 4.69) is 10.1 Å². The van der Waals surface area contributed by atoms with Gasteiger partial charge in [0.15, 0.2) is 5.82 Å². The first-order valence-electron chi connectivity index (χ1n) is 10.3. The Morgan fingerprint density at radius 1 is 1.33 bits per heavy atom. The van der Waals surface area contributed by atoms with Gasteiger partial charge in [-0.05, 0) is 45.9 Å². The minimum Gasteiger partial charge on any atom is -0.443 e. The third-order valence-corrected chi connectivity index (χ3v) is 4.90. The topological polar surface area (TPSA) is 103 Å². The Balaban J connectivity index is 1.51. The number of hydrogen-bond donors (Lipinski definition) is 0. The first kappa shape index (κ1) is 22.3. The average molecular weight is 457 g/mol. The van der Waals surface area contributed by atoms with Crippen LogP contribution in [0.3, 0.4) is 0 Å². The highest BCUT2D eigenvalue weighted by molar-refractivity contribution is 5.91. The van der Waals surface area contributed by atoms with Crippen LogP contribution in [-0.2, 0) is 9.47 Å². The molecule has 3 heterocycles. The SMILES string of the molecule is Cc1nccn1-c1ccc(N2C[C@H](CN(C(=O)OC(C)(C)C)c3ccon3)OC2=O)cc1F. The molecule has 0 aliphatic carbocycles. The van der Waals surface area contributed by atoms with Gasteiger partial charge in [-0.25, -0.2) is 19.0 Å². The molecular formula is C22H24FN5O5. The highest BCUT2D eigenvalue weighted by atomic mass is 19.1. The van der Waals surface area contributed by atoms with Crippen molar-refractivity contribution in [1.29, 1.82) is 0 Å². The smallest absolute Gasteiger partial charge is 0.416 e. The molecular weight excluding hydrogens is 433 g/mol. The molecule has 1 aromatic carbocycles. The van der Waals surface area contributed by atoms with E-state index in [1.54, 1.807) is 56.8 Å². The minimum absolute atomic E-state index is 0.0154. The lowest BCUT2D eigenvalue weighted by atomic mass is 10.2. The monoisotopic (exact) mass is 457 g/mol. The van der Waals surface area contributed by atoms with Gasteiger partial charge in [0, 0.05) is 18.5 Å². The van der Waals surface area contributed by atoms with Crippen molar-refractivity contribution in [2.75, 3.05) is 22.9 Å². The molecule has 0 unspecified atom stereocenters. The van der Waals surface area contributed by atoms with Gasteiger partial charge < -0.3 is 18.6 Å². The molecule has 1 fully saturated rings. The second kappa shape index (κ2) is 8.57. The van der Waals surface area contributed by atoms with Crippen LogP contribution < -0.4 is 9.80 Å². The summed E-state index contributed by atoms with van der Waals surface area (Å²) >= 11 is 0. The number of carbonyl (C=O) groups excluding carboxylic acids is 2. The first-order valence-corrected chi connectivity index (χ1v) is 10.3. The highest BCUT2D eigenvalue weighted by Crippen LogP contribution is 2.27. The van der Waals surface area contributed by atoms with Crippen molar-refractivity contribution in [2.45, 2.75) is 39.4 Å². The number of halogens is 1. The molecule has 174 valence electrons. The summed E-state index contributed by atoms with van der Waals surface area (Å²) in [6.07, 6.45) is 2.57. The van der Waals surface area contributed by atoms with Gasteiger partial charge in [-0.1, -0.05) is 5.16 Å². The molecule has 2 amide bonds. The number of imidazole rings is 1. The molecule has 2 aromatic heterocycles. The molecule has 0 spiro atoms. The van der Waals surface area contributed by atoms with E-state index in [1.807, 2.05) is 0 Å². The fraction of sp³-hybridized carbons (Fsp3) is 0.364. The number of cyclic esters (lactones) is 1. The second-order valence-electron chi connectivity index (χ2n) is 8.55. The van der Waals surface area contributed by atoms with E-state index < -0.39 is 29.7 Å². The van der Waals surface area contributed by atoms with Crippen molar-refractivity contribution in [2.24, 2.45) is 0 Å². The lowest BCUT2D eigenvalue weighted by Crippen LogP contribution is -2.42. The molecule has 3 aromatic rings. The van der Waals surface area contributed by atoms with Crippen molar-refractivity contribution in [3.05, 3.63) is 54.6 Å². The molecule has 1 aliphatic heterocycles. The van der Waals surface area contributed by atoms with Crippen LogP contribution in [0.25, 0.3) is 5.69 Å². The molecule has 0 bridgehead atoms. The van der Waals surface area contributed by atoms with E-state index in [0.29, 0.717) is 17.2 Å². The molecule has 4 rings (SSSR count). The maximum absolute atomic E-state index is 14.8. The Kier molecular flexibility index (Phi) is 5.79. The number of aromatic nitrogens is 3. The Morgan fingerprint density at radius 2 is 2.12 bits per heavy atom. The number of carbonyl (C=O) groups is 2. The molecule has 0 saturated carbocycles. The van der Waals surface area contributed by atoms with Crippen molar-refractivity contribution >= 4 is 23.7 Å². The maximum atomic E-state index is 14.8. The summed E-state index contributed by atoms with van der Waals surface area (Å²) in [7, 11) is 0. The number of amides is 2. The van der Waals surface area contributed by atoms with Crippen LogP contribution in [-0.4, -0.2) is 51.7 Å². The number of rotatable bonds is 5. The number of nitrogens with zero attached hydrogens (tertiary/aromatic N) is 5. The van der Waals surface area contributed by atoms with E-state index in [-0.39, 0.29) is 18.9 Å². The molecule has 10 nitrogen and oxygen atoms in total. The molecule has 1 saturated heterocycles. The molecule has 11 heteroatoms. The van der Waals surface area contributed by atoms with Crippen molar-refractivity contribution in [3.63, 3.8) is 0 Å². The first-order chi connectivity index (χ1) is 15.6. The Hall–Kier alpha value is -3.89. The van der Waals surface area contributed by atoms with Gasteiger partial charge in [0.25, 0.3) is 0 Å². The quantitative estimate of drug-likeness (QED) is 0.569. The van der Waals surface area contributed by atoms with E-state index in [9.17, 15) is 14.0 Å². The van der Waals surface area contributed by atoms with Gasteiger partial charge in [-0.3, -0.25) is 9.80 Å². The lowest BCUT2D eigenvalue weighted by molar-refractivity contribution is 0.0556. The number of anilines is 2. The van der Waals surface area contributed by atoms with Gasteiger partial charge in [0.2, 0.25) is 0 Å². The summed E-state index contributed by atoms with van der Waals surface area (Å²) in [4.78, 5) is 31.9. The van der Waals surface area contributed by atoms with Crippen LogP contribution >= 0.6 is 0 Å². The Morgan fingerprint density at radius 3 is 2.73 bits per heavy atom. The number of benzene rings is 1. The summed E-state index contributed by atoms with van der Waals surface area (Å²) in [5, 5.41) is 3.80. The summed E-state index contributed by atoms with van der Waals surface area (Å²) in [5.41, 5.74) is -0.0728. The van der Waals surface area contributed by atoms with Crippen molar-refractivity contribution < 1.29 is 28.0 Å². The van der Waals surface area contributed by atoms with Gasteiger partial charge in [0.1, 0.15) is 29.6 Å². The minimum atomic E-state index is -0.732. The fourth-order valence-electron chi connectivity index (χ4n) is 3.45. The molecule has 33 heavy (non-hydrogen) atoms. The Labute approximate surface area is 189 Å². The van der Waals surface area contributed by atoms with Crippen molar-refractivity contribution in [3.8, 4) is 5.69 Å². The van der Waals surface area contributed by atoms with Gasteiger partial charge in [-0.2, -0.15) is 0 Å². The van der Waals surface area contributed by atoms with Gasteiger partial charge >= 0.3 is 12.2 Å². The average Bonchev–Trinajstić information content (AvgIpc) is 3.46. The second-order valence-corrected chi connectivity index (χ2v) is 8.55. The zero-order valence-corrected chi connectivity index (χ0v) is 18.7. The zero-order valence-electron chi connectivity index (χ0n) is 18.7. The van der Waals surface area contributed by atoms with Crippen LogP contribution in [0.5, 0.6) is 0 Å². The third-order valence-electron chi connectivity index (χ3n) is 4.90. The van der Waals surface area contributed by atoms with Crippen LogP contribution in [0.4, 0.5) is 25.5 Å². The fourth-order valence-corrected chi connectivity index (χ4v) is 3.45. The molecule has 1 atom stereocenters. The van der Waals surface area contributed by atoms with Crippen LogP contribution in [0.15, 0.2) is 47.4 Å². The predicted molar refractivity (Wildman–Crippen MR) is 116 cm³/mol. The maximum Gasteiger partial charge on any atom is 0.416 e. The normalized spacial score (nSPS) is 16.1. The highest BCUT2D eigenvalue weighted by Gasteiger charge is 2.37. The van der Waals surface area contributed by atoms with Crippen LogP contribution in [0, 0.1) is 12.7 Å². The standard InChI is InChI=1S/C22H24FN5O5/c1-14-24-8-9-26(14)18-6-5-15(11-17(18)23)27-12-16(32-20(27)29)13-28(19-7-10-31-25-19)21(30)33-22(2,3)4/h5-11,16H,12-13H2,1-4H3/t16-/m1/s1. The summed E-state index contributed by atoms with van der Waals surface area (Å²) in [5.74, 6) is 0.352. The van der Waals surface area contributed by atoms with Gasteiger partial charge in [0.05, 0.1) is 24.5 Å². The Bertz CT molecular complexity index is 1150. The van der Waals surface area contributed by atoms with Crippen LogP contribution in [0.1, 0.15) is 26.6 Å². The largest absolute Gasteiger partial charge is 0.443 e. The number of aryl methyl sites for hydroxylation is 1. The summed E-state index contributed by atoms with van der Waals surface area (Å²) < 4.78 is 32.2. The van der Waals surface area contributed by atoms with Gasteiger partial charge in [-0.15, -0.1) is 0 Å². The van der Waals surface area contributed by atoms with E-state index in [0.717, 1.165) is 0 Å². The molecule has 0 N–H and O–H groups in total. The van der Waals surface area contributed by atoms with E-state index >= 15 is 0 Å². The van der Waals surface area contributed by atoms with Crippen molar-refractivity contribution in [1.82, 2.24) is 14.7 Å². The molecule has 1 aliphatic rings. The molecule has 0 radical (unpaired) electrons. The predicted octanol–water partition coefficient (Wildman–Crippen LogP) is 4.07. The number of ether oxygens (including phenoxy) is 2. The lowest BCUT2D eigenvalue weighted by Gasteiger charge is -2.26. The number of hydrogen-bond acceptors (Lipinski definition) is 7. The van der Waals surface area contributed by atoms with Crippen LogP contribution in [0.2, 0.25) is 0 Å². The summed E-state index contributed by atoms with van der Waals surface area (Å²) in [6, 6.07) is 5.97. The third kappa shape index (κ3) is 4.81. The summed E-state index contributed by atoms with van der Waals surface area (Å²) in [6.45, 7) is 7.09.